The van der Waals surface area contributed by atoms with Crippen molar-refractivity contribution in [2.45, 2.75) is 0 Å². The molecule has 2 aromatic rings. The Morgan fingerprint density at radius 2 is 1.53 bits per heavy atom. The molecule has 2 rings (SSSR count). The van der Waals surface area contributed by atoms with Crippen molar-refractivity contribution in [2.75, 3.05) is 5.73 Å². The standard InChI is InChI=1S/C12H10N.ClH.Pd/c13-12-8-4-7-11(9-12)10-5-2-1-3-6-10;;/h1-8H,13H2;1H;. The van der Waals surface area contributed by atoms with E-state index in [4.69, 9.17) is 5.73 Å². The normalized spacial score (nSPS) is 9.47. The van der Waals surface area contributed by atoms with Crippen LogP contribution in [-0.4, -0.2) is 0 Å². The Bertz CT molecular complexity index is 443. The van der Waals surface area contributed by atoms with Crippen LogP contribution in [-0.2, 0) is 19.2 Å². The monoisotopic (exact) mass is 310 g/mol. The zero-order valence-corrected chi connectivity index (χ0v) is 10.3. The molecule has 0 heterocycles. The summed E-state index contributed by atoms with van der Waals surface area (Å²) in [5.41, 5.74) is 8.94. The summed E-state index contributed by atoms with van der Waals surface area (Å²) in [5.74, 6) is 0. The molecule has 0 saturated heterocycles. The summed E-state index contributed by atoms with van der Waals surface area (Å²) >= 11 is 3.20. The molecule has 0 amide bonds. The van der Waals surface area contributed by atoms with Gasteiger partial charge >= 0.3 is 94.3 Å². The molecular formula is C12H11ClNPd. The van der Waals surface area contributed by atoms with E-state index < -0.39 is 0 Å². The zero-order valence-electron chi connectivity index (χ0n) is 7.92. The predicted octanol–water partition coefficient (Wildman–Crippen LogP) is 2.53. The van der Waals surface area contributed by atoms with Gasteiger partial charge in [-0.25, -0.2) is 0 Å². The first-order valence-corrected chi connectivity index (χ1v) is 5.13. The van der Waals surface area contributed by atoms with Crippen LogP contribution in [0.3, 0.4) is 0 Å². The molecule has 0 unspecified atom stereocenters. The number of halogens is 1. The number of rotatable bonds is 1. The SMILES string of the molecule is Cl.Nc1cccc(-c2ccccc2)[c]1[Pd]. The van der Waals surface area contributed by atoms with Crippen molar-refractivity contribution in [2.24, 2.45) is 0 Å². The van der Waals surface area contributed by atoms with Gasteiger partial charge in [0.15, 0.2) is 0 Å². The van der Waals surface area contributed by atoms with Gasteiger partial charge in [0.2, 0.25) is 0 Å². The molecule has 0 radical (unpaired) electrons. The molecule has 0 saturated carbocycles. The molecule has 2 N–H and O–H groups in total. The van der Waals surface area contributed by atoms with E-state index in [9.17, 15) is 0 Å². The van der Waals surface area contributed by atoms with Gasteiger partial charge < -0.3 is 0 Å². The first-order chi connectivity index (χ1) is 6.79. The first-order valence-electron chi connectivity index (χ1n) is 4.35. The van der Waals surface area contributed by atoms with E-state index in [1.54, 1.807) is 0 Å². The van der Waals surface area contributed by atoms with Crippen LogP contribution in [0.5, 0.6) is 0 Å². The molecule has 1 nitrogen and oxygen atoms in total. The summed E-state index contributed by atoms with van der Waals surface area (Å²) < 4.78 is 1.00. The molecule has 81 valence electrons. The summed E-state index contributed by atoms with van der Waals surface area (Å²) in [7, 11) is 0. The Kier molecular flexibility index (Phi) is 4.35. The average Bonchev–Trinajstić information content (AvgIpc) is 2.23. The summed E-state index contributed by atoms with van der Waals surface area (Å²) in [6.07, 6.45) is 0. The van der Waals surface area contributed by atoms with Crippen molar-refractivity contribution >= 4 is 22.1 Å². The van der Waals surface area contributed by atoms with Crippen molar-refractivity contribution in [1.82, 2.24) is 0 Å². The molecule has 0 aliphatic heterocycles. The quantitative estimate of drug-likeness (QED) is 0.636. The molecule has 0 aromatic heterocycles. The van der Waals surface area contributed by atoms with Crippen LogP contribution in [0.2, 0.25) is 0 Å². The second-order valence-electron chi connectivity index (χ2n) is 3.04. The molecular weight excluding hydrogens is 300 g/mol. The van der Waals surface area contributed by atoms with Gasteiger partial charge in [0.05, 0.1) is 0 Å². The van der Waals surface area contributed by atoms with E-state index >= 15 is 0 Å². The third-order valence-electron chi connectivity index (χ3n) is 2.08. The maximum absolute atomic E-state index is 5.82. The predicted molar refractivity (Wildman–Crippen MR) is 63.2 cm³/mol. The second kappa shape index (κ2) is 5.32. The number of nitrogen functional groups attached to an aromatic ring is 1. The van der Waals surface area contributed by atoms with Crippen LogP contribution in [0.15, 0.2) is 48.5 Å². The van der Waals surface area contributed by atoms with Crippen LogP contribution in [0.1, 0.15) is 0 Å². The number of nitrogens with two attached hydrogens (primary N) is 1. The van der Waals surface area contributed by atoms with E-state index in [0.29, 0.717) is 0 Å². The summed E-state index contributed by atoms with van der Waals surface area (Å²) in [5, 5.41) is 0. The molecule has 0 bridgehead atoms. The Hall–Kier alpha value is -0.808. The van der Waals surface area contributed by atoms with Gasteiger partial charge in [-0.1, -0.05) is 0 Å². The fraction of sp³-hybridized carbons (Fsp3) is 0. The zero-order chi connectivity index (χ0) is 9.97. The van der Waals surface area contributed by atoms with Crippen LogP contribution in [0.4, 0.5) is 5.69 Å². The number of benzene rings is 2. The minimum absolute atomic E-state index is 0. The van der Waals surface area contributed by atoms with E-state index in [1.807, 2.05) is 30.3 Å². The number of anilines is 1. The van der Waals surface area contributed by atoms with Crippen LogP contribution in [0.25, 0.3) is 11.1 Å². The van der Waals surface area contributed by atoms with Crippen molar-refractivity contribution in [3.8, 4) is 11.1 Å². The minimum atomic E-state index is 0. The molecule has 0 aliphatic rings. The van der Waals surface area contributed by atoms with Crippen molar-refractivity contribution in [1.29, 1.82) is 0 Å². The molecule has 0 spiro atoms. The summed E-state index contributed by atoms with van der Waals surface area (Å²) in [6.45, 7) is 0. The van der Waals surface area contributed by atoms with Gasteiger partial charge in [0.25, 0.3) is 0 Å². The van der Waals surface area contributed by atoms with Gasteiger partial charge in [0.1, 0.15) is 0 Å². The van der Waals surface area contributed by atoms with Gasteiger partial charge in [0, 0.05) is 0 Å². The molecule has 15 heavy (non-hydrogen) atoms. The number of hydrogen-bond donors (Lipinski definition) is 1. The Labute approximate surface area is 107 Å². The van der Waals surface area contributed by atoms with Gasteiger partial charge in [-0.15, -0.1) is 12.4 Å². The summed E-state index contributed by atoms with van der Waals surface area (Å²) in [4.78, 5) is 0. The Morgan fingerprint density at radius 3 is 2.20 bits per heavy atom. The van der Waals surface area contributed by atoms with Crippen LogP contribution < -0.4 is 9.77 Å². The molecule has 0 fully saturated rings. The molecule has 3 heteroatoms. The Balaban J connectivity index is 0.00000112. The second-order valence-corrected chi connectivity index (χ2v) is 3.82. The van der Waals surface area contributed by atoms with Crippen molar-refractivity contribution in [3.05, 3.63) is 48.5 Å². The van der Waals surface area contributed by atoms with Crippen LogP contribution in [0, 0.1) is 0 Å². The molecule has 0 aliphatic carbocycles. The fourth-order valence-corrected chi connectivity index (χ4v) is 1.85. The summed E-state index contributed by atoms with van der Waals surface area (Å²) in [6, 6.07) is 16.1. The van der Waals surface area contributed by atoms with Crippen molar-refractivity contribution < 1.29 is 19.2 Å². The van der Waals surface area contributed by atoms with Crippen LogP contribution >= 0.6 is 12.4 Å². The van der Waals surface area contributed by atoms with E-state index in [-0.39, 0.29) is 12.4 Å². The van der Waals surface area contributed by atoms with E-state index in [2.05, 4.69) is 37.4 Å². The molecule has 0 atom stereocenters. The number of hydrogen-bond acceptors (Lipinski definition) is 1. The maximum atomic E-state index is 5.82. The Morgan fingerprint density at radius 1 is 0.867 bits per heavy atom. The van der Waals surface area contributed by atoms with Crippen molar-refractivity contribution in [3.63, 3.8) is 0 Å². The van der Waals surface area contributed by atoms with Gasteiger partial charge in [-0.05, 0) is 0 Å². The fourth-order valence-electron chi connectivity index (χ4n) is 1.37. The van der Waals surface area contributed by atoms with Gasteiger partial charge in [-0.2, -0.15) is 0 Å². The van der Waals surface area contributed by atoms with E-state index in [0.717, 1.165) is 15.3 Å². The topological polar surface area (TPSA) is 26.0 Å². The first kappa shape index (κ1) is 12.3. The third kappa shape index (κ3) is 2.60. The van der Waals surface area contributed by atoms with Gasteiger partial charge in [-0.3, -0.25) is 0 Å². The van der Waals surface area contributed by atoms with E-state index in [1.165, 1.54) is 5.56 Å². The third-order valence-corrected chi connectivity index (χ3v) is 2.95. The molecule has 2 aromatic carbocycles. The average molecular weight is 311 g/mol.